The second-order valence-electron chi connectivity index (χ2n) is 7.92. The summed E-state index contributed by atoms with van der Waals surface area (Å²) in [6.07, 6.45) is 2.21. The molecular formula is C26H24BrNO3S. The van der Waals surface area contributed by atoms with Gasteiger partial charge in [-0.15, -0.1) is 0 Å². The van der Waals surface area contributed by atoms with Gasteiger partial charge in [0.2, 0.25) is 0 Å². The van der Waals surface area contributed by atoms with Crippen molar-refractivity contribution in [1.82, 2.24) is 4.31 Å². The van der Waals surface area contributed by atoms with Crippen LogP contribution in [-0.2, 0) is 10.0 Å². The molecule has 0 spiro atoms. The van der Waals surface area contributed by atoms with E-state index in [2.05, 4.69) is 15.9 Å². The zero-order valence-electron chi connectivity index (χ0n) is 17.9. The Kier molecular flexibility index (Phi) is 6.35. The molecular weight excluding hydrogens is 486 g/mol. The van der Waals surface area contributed by atoms with Crippen LogP contribution >= 0.6 is 15.9 Å². The van der Waals surface area contributed by atoms with E-state index in [0.717, 1.165) is 22.0 Å². The zero-order chi connectivity index (χ0) is 22.9. The summed E-state index contributed by atoms with van der Waals surface area (Å²) in [5, 5.41) is 0. The van der Waals surface area contributed by atoms with Crippen molar-refractivity contribution in [2.45, 2.75) is 31.2 Å². The van der Waals surface area contributed by atoms with Crippen molar-refractivity contribution < 1.29 is 13.2 Å². The lowest BCUT2D eigenvalue weighted by atomic mass is 9.80. The number of sulfonamides is 1. The van der Waals surface area contributed by atoms with E-state index in [0.29, 0.717) is 11.3 Å². The third-order valence-corrected chi connectivity index (χ3v) is 8.19. The van der Waals surface area contributed by atoms with Crippen molar-refractivity contribution in [2.24, 2.45) is 5.92 Å². The van der Waals surface area contributed by atoms with E-state index in [-0.39, 0.29) is 22.6 Å². The van der Waals surface area contributed by atoms with Gasteiger partial charge in [0.05, 0.1) is 10.9 Å². The number of nitrogens with zero attached hydrogens (tertiary/aromatic N) is 1. The number of aryl methyl sites for hydroxylation is 1. The zero-order valence-corrected chi connectivity index (χ0v) is 20.3. The van der Waals surface area contributed by atoms with Crippen LogP contribution in [0, 0.1) is 12.8 Å². The highest BCUT2D eigenvalue weighted by molar-refractivity contribution is 9.10. The average molecular weight is 510 g/mol. The van der Waals surface area contributed by atoms with E-state index in [1.54, 1.807) is 48.5 Å². The van der Waals surface area contributed by atoms with E-state index >= 15 is 0 Å². The van der Waals surface area contributed by atoms with Gasteiger partial charge in [-0.25, -0.2) is 8.42 Å². The van der Waals surface area contributed by atoms with Crippen LogP contribution in [0.1, 0.15) is 40.9 Å². The molecule has 0 bridgehead atoms. The molecule has 0 aromatic heterocycles. The number of halogens is 1. The minimum absolute atomic E-state index is 0.0722. The molecule has 0 N–H and O–H groups in total. The number of hydrogen-bond donors (Lipinski definition) is 0. The molecule has 32 heavy (non-hydrogen) atoms. The summed E-state index contributed by atoms with van der Waals surface area (Å²) in [6, 6.07) is 23.2. The fourth-order valence-corrected chi connectivity index (χ4v) is 6.14. The first-order valence-corrected chi connectivity index (χ1v) is 12.7. The summed E-state index contributed by atoms with van der Waals surface area (Å²) in [5.74, 6) is -0.279. The number of hydrogen-bond acceptors (Lipinski definition) is 3. The molecule has 0 radical (unpaired) electrons. The van der Waals surface area contributed by atoms with Crippen LogP contribution in [0.2, 0.25) is 0 Å². The minimum Gasteiger partial charge on any atom is -0.289 e. The third kappa shape index (κ3) is 4.17. The maximum absolute atomic E-state index is 13.7. The topological polar surface area (TPSA) is 54.5 Å². The summed E-state index contributed by atoms with van der Waals surface area (Å²) in [4.78, 5) is 13.2. The predicted octanol–water partition coefficient (Wildman–Crippen LogP) is 6.30. The van der Waals surface area contributed by atoms with E-state index < -0.39 is 10.0 Å². The number of benzene rings is 3. The standard InChI is InChI=1S/C26H24BrNO3S/c1-3-23-24(17-25(29)19-11-13-21(27)14-12-19)28(26(23)20-7-5-4-6-8-20)32(30,31)22-15-9-18(2)10-16-22/h4-17,23,26H,3H2,1-2H3/b24-17+/t23-,26+/m0/s1. The first kappa shape index (κ1) is 22.5. The molecule has 3 aromatic carbocycles. The molecule has 6 heteroatoms. The number of ketones is 1. The van der Waals surface area contributed by atoms with Gasteiger partial charge in [0.25, 0.3) is 10.0 Å². The number of carbonyl (C=O) groups excluding carboxylic acids is 1. The van der Waals surface area contributed by atoms with Gasteiger partial charge in [0.15, 0.2) is 5.78 Å². The number of carbonyl (C=O) groups is 1. The lowest BCUT2D eigenvalue weighted by Crippen LogP contribution is -2.50. The molecule has 0 aliphatic carbocycles. The third-order valence-electron chi connectivity index (χ3n) is 5.83. The van der Waals surface area contributed by atoms with Crippen LogP contribution in [0.25, 0.3) is 0 Å². The predicted molar refractivity (Wildman–Crippen MR) is 130 cm³/mol. The normalized spacial score (nSPS) is 19.6. The van der Waals surface area contributed by atoms with Gasteiger partial charge in [-0.3, -0.25) is 9.10 Å². The molecule has 0 amide bonds. The van der Waals surface area contributed by atoms with Gasteiger partial charge >= 0.3 is 0 Å². The fraction of sp³-hybridized carbons (Fsp3) is 0.192. The van der Waals surface area contributed by atoms with Crippen molar-refractivity contribution >= 4 is 31.7 Å². The van der Waals surface area contributed by atoms with Gasteiger partial charge in [-0.05, 0) is 55.3 Å². The molecule has 3 aromatic rings. The Bertz CT molecular complexity index is 1250. The van der Waals surface area contributed by atoms with Gasteiger partial charge in [-0.2, -0.15) is 0 Å². The molecule has 1 aliphatic rings. The van der Waals surface area contributed by atoms with E-state index in [4.69, 9.17) is 0 Å². The summed E-state index contributed by atoms with van der Waals surface area (Å²) < 4.78 is 29.7. The number of rotatable bonds is 6. The summed E-state index contributed by atoms with van der Waals surface area (Å²) in [7, 11) is -3.84. The lowest BCUT2D eigenvalue weighted by molar-refractivity contribution is 0.103. The van der Waals surface area contributed by atoms with Gasteiger partial charge in [-0.1, -0.05) is 70.9 Å². The monoisotopic (exact) mass is 509 g/mol. The van der Waals surface area contributed by atoms with Gasteiger partial charge < -0.3 is 0 Å². The fourth-order valence-electron chi connectivity index (χ4n) is 4.13. The molecule has 0 unspecified atom stereocenters. The van der Waals surface area contributed by atoms with Crippen molar-refractivity contribution in [3.63, 3.8) is 0 Å². The lowest BCUT2D eigenvalue weighted by Gasteiger charge is -2.50. The highest BCUT2D eigenvalue weighted by Crippen LogP contribution is 2.52. The Morgan fingerprint density at radius 1 is 0.969 bits per heavy atom. The Hall–Kier alpha value is -2.70. The molecule has 2 atom stereocenters. The van der Waals surface area contributed by atoms with Crippen molar-refractivity contribution in [1.29, 1.82) is 0 Å². The SMILES string of the molecule is CC[C@H]1/C(=C\C(=O)c2ccc(Br)cc2)N(S(=O)(=O)c2ccc(C)cc2)[C@@H]1c1ccccc1. The van der Waals surface area contributed by atoms with Crippen molar-refractivity contribution in [3.8, 4) is 0 Å². The van der Waals surface area contributed by atoms with Gasteiger partial charge in [0, 0.05) is 27.7 Å². The van der Waals surface area contributed by atoms with Crippen LogP contribution in [0.4, 0.5) is 0 Å². The van der Waals surface area contributed by atoms with E-state index in [1.807, 2.05) is 44.2 Å². The second kappa shape index (κ2) is 9.04. The molecule has 1 fully saturated rings. The quantitative estimate of drug-likeness (QED) is 0.289. The van der Waals surface area contributed by atoms with Crippen LogP contribution in [0.15, 0.2) is 100 Å². The summed E-state index contributed by atoms with van der Waals surface area (Å²) in [5.41, 5.74) is 2.96. The Morgan fingerprint density at radius 2 is 1.59 bits per heavy atom. The highest BCUT2D eigenvalue weighted by atomic mass is 79.9. The molecule has 4 nitrogen and oxygen atoms in total. The Labute approximate surface area is 197 Å². The minimum atomic E-state index is -3.84. The smallest absolute Gasteiger partial charge is 0.264 e. The molecule has 4 rings (SSSR count). The summed E-state index contributed by atoms with van der Waals surface area (Å²) >= 11 is 3.38. The molecule has 1 aliphatic heterocycles. The van der Waals surface area contributed by atoms with Crippen molar-refractivity contribution in [3.05, 3.63) is 112 Å². The van der Waals surface area contributed by atoms with Crippen LogP contribution in [-0.4, -0.2) is 18.5 Å². The van der Waals surface area contributed by atoms with E-state index in [9.17, 15) is 13.2 Å². The molecule has 164 valence electrons. The largest absolute Gasteiger partial charge is 0.289 e. The van der Waals surface area contributed by atoms with Crippen LogP contribution in [0.3, 0.4) is 0 Å². The Morgan fingerprint density at radius 3 is 2.19 bits per heavy atom. The van der Waals surface area contributed by atoms with Crippen LogP contribution in [0.5, 0.6) is 0 Å². The average Bonchev–Trinajstić information content (AvgIpc) is 2.77. The van der Waals surface area contributed by atoms with Crippen molar-refractivity contribution in [2.75, 3.05) is 0 Å². The molecule has 0 saturated carbocycles. The van der Waals surface area contributed by atoms with E-state index in [1.165, 1.54) is 10.4 Å². The first-order chi connectivity index (χ1) is 15.3. The first-order valence-electron chi connectivity index (χ1n) is 10.5. The number of allylic oxidation sites excluding steroid dienone is 1. The summed E-state index contributed by atoms with van der Waals surface area (Å²) in [6.45, 7) is 3.94. The highest BCUT2D eigenvalue weighted by Gasteiger charge is 2.50. The maximum Gasteiger partial charge on any atom is 0.264 e. The maximum atomic E-state index is 13.7. The molecule has 1 saturated heterocycles. The molecule has 1 heterocycles. The second-order valence-corrected chi connectivity index (χ2v) is 10.7. The van der Waals surface area contributed by atoms with Crippen LogP contribution < -0.4 is 0 Å². The Balaban J connectivity index is 1.80. The van der Waals surface area contributed by atoms with Gasteiger partial charge in [0.1, 0.15) is 0 Å².